The number of hydrogen-bond donors (Lipinski definition) is 3. The molecule has 0 unspecified atom stereocenters. The van der Waals surface area contributed by atoms with Crippen LogP contribution < -0.4 is 11.5 Å². The molecule has 3 aliphatic rings. The molecule has 3 saturated carbocycles. The quantitative estimate of drug-likeness (QED) is 0.449. The molecule has 0 heterocycles. The molecular weight excluding hydrogens is 432 g/mol. The number of carboxylic acids is 1. The maximum atomic E-state index is 10.5. The molecule has 178 valence electrons. The van der Waals surface area contributed by atoms with E-state index >= 15 is 0 Å². The first kappa shape index (κ1) is 23.5. The molecule has 0 amide bonds. The number of hydrogen-bond acceptors (Lipinski definition) is 3. The Bertz CT molecular complexity index is 964. The number of halogens is 1. The first-order valence-electron chi connectivity index (χ1n) is 12.4. The molecule has 5 heteroatoms. The lowest BCUT2D eigenvalue weighted by molar-refractivity contribution is -0.138. The summed E-state index contributed by atoms with van der Waals surface area (Å²) in [6, 6.07) is 31.7. The Kier molecular flexibility index (Phi) is 8.16. The van der Waals surface area contributed by atoms with Crippen LogP contribution in [0.1, 0.15) is 58.1 Å². The third-order valence-corrected chi connectivity index (χ3v) is 6.47. The summed E-state index contributed by atoms with van der Waals surface area (Å²) < 4.78 is 10.0. The van der Waals surface area contributed by atoms with E-state index in [1.54, 1.807) is 0 Å². The highest BCUT2D eigenvalue weighted by Crippen LogP contribution is 2.47. The molecule has 0 bridgehead atoms. The smallest absolute Gasteiger partial charge is 0.307 e. The van der Waals surface area contributed by atoms with Gasteiger partial charge in [-0.15, -0.1) is 12.4 Å². The van der Waals surface area contributed by atoms with Crippen molar-refractivity contribution in [3.8, 4) is 0 Å². The molecule has 3 aromatic rings. The molecule has 0 spiro atoms. The summed E-state index contributed by atoms with van der Waals surface area (Å²) in [5.74, 6) is 0.780. The van der Waals surface area contributed by atoms with Crippen molar-refractivity contribution < 1.29 is 14.3 Å². The van der Waals surface area contributed by atoms with Gasteiger partial charge in [-0.05, 0) is 41.9 Å². The number of benzene rings is 3. The lowest BCUT2D eigenvalue weighted by Gasteiger charge is -1.95. The van der Waals surface area contributed by atoms with Gasteiger partial charge in [0.2, 0.25) is 0 Å². The van der Waals surface area contributed by atoms with E-state index in [1.165, 1.54) is 24.0 Å². The van der Waals surface area contributed by atoms with Crippen LogP contribution in [0, 0.1) is 5.92 Å². The highest BCUT2D eigenvalue weighted by Gasteiger charge is 2.43. The summed E-state index contributed by atoms with van der Waals surface area (Å²) in [5, 5.41) is 8.68. The summed E-state index contributed by atoms with van der Waals surface area (Å²) in [5.41, 5.74) is 15.4. The van der Waals surface area contributed by atoms with Crippen molar-refractivity contribution in [2.24, 2.45) is 17.4 Å². The molecule has 33 heavy (non-hydrogen) atoms. The van der Waals surface area contributed by atoms with Crippen LogP contribution in [0.3, 0.4) is 0 Å². The van der Waals surface area contributed by atoms with Crippen molar-refractivity contribution in [2.45, 2.75) is 49.1 Å². The van der Waals surface area contributed by atoms with Gasteiger partial charge in [-0.1, -0.05) is 91.0 Å². The Labute approximate surface area is 207 Å². The average Bonchev–Trinajstić information content (AvgIpc) is 3.79. The van der Waals surface area contributed by atoms with E-state index in [0.717, 1.165) is 12.0 Å². The molecule has 6 rings (SSSR count). The van der Waals surface area contributed by atoms with Crippen LogP contribution in [0.4, 0.5) is 0 Å². The minimum absolute atomic E-state index is 0. The van der Waals surface area contributed by atoms with Gasteiger partial charge >= 0.3 is 5.97 Å². The third kappa shape index (κ3) is 7.16. The molecule has 0 aliphatic heterocycles. The number of carbonyl (C=O) groups is 1. The van der Waals surface area contributed by atoms with Gasteiger partial charge in [-0.3, -0.25) is 4.79 Å². The van der Waals surface area contributed by atoms with E-state index in [2.05, 4.69) is 48.5 Å². The second-order valence-electron chi connectivity index (χ2n) is 9.03. The summed E-state index contributed by atoms with van der Waals surface area (Å²) in [7, 11) is 0. The van der Waals surface area contributed by atoms with E-state index < -0.39 is 5.97 Å². The maximum Gasteiger partial charge on any atom is 0.307 e. The van der Waals surface area contributed by atoms with Gasteiger partial charge in [0.15, 0.2) is 0 Å². The highest BCUT2D eigenvalue weighted by molar-refractivity contribution is 5.85. The topological polar surface area (TPSA) is 89.3 Å². The largest absolute Gasteiger partial charge is 0.481 e. The molecule has 0 aromatic heterocycles. The first-order valence-corrected chi connectivity index (χ1v) is 11.4. The van der Waals surface area contributed by atoms with Gasteiger partial charge in [-0.25, -0.2) is 0 Å². The van der Waals surface area contributed by atoms with E-state index in [0.29, 0.717) is 23.9 Å². The van der Waals surface area contributed by atoms with Crippen LogP contribution in [0.25, 0.3) is 0 Å². The summed E-state index contributed by atoms with van der Waals surface area (Å²) in [6.07, 6.45) is 3.15. The van der Waals surface area contributed by atoms with Gasteiger partial charge in [0.05, 0.1) is 5.92 Å². The standard InChI is InChI=1S/C10H10O2.2C9H11N.ClH.2H2/c11-10(12)9-6-8(9)7-4-2-1-3-5-7;2*10-9-6-8(9)7-4-2-1-3-5-7;;;/h1-5,8-9H,6H2,(H,11,12);2*1-5,8-9H,6,10H2;3*1H/t3*8-,9-;;;/m000.../s1/i;;;;1+1D;1+1. The summed E-state index contributed by atoms with van der Waals surface area (Å²) >= 11 is 0. The predicted molar refractivity (Wildman–Crippen MR) is 140 cm³/mol. The zero-order valence-corrected chi connectivity index (χ0v) is 19.5. The van der Waals surface area contributed by atoms with Crippen molar-refractivity contribution in [2.75, 3.05) is 0 Å². The Morgan fingerprint density at radius 2 is 0.970 bits per heavy atom. The van der Waals surface area contributed by atoms with E-state index in [-0.39, 0.29) is 25.7 Å². The maximum absolute atomic E-state index is 10.5. The Morgan fingerprint density at radius 1 is 0.667 bits per heavy atom. The SMILES string of the molecule is Cl.N[C@H]1C[C@H]1c1ccccc1.N[C@H]1C[C@H]1c1ccccc1.O=C(O)[C@H]1C[C@H]1c1ccccc1.[2HH].[2H][2H]. The Hall–Kier alpha value is -2.66. The predicted octanol–water partition coefficient (Wildman–Crippen LogP) is 5.79. The van der Waals surface area contributed by atoms with Gasteiger partial charge < -0.3 is 16.6 Å². The van der Waals surface area contributed by atoms with E-state index in [4.69, 9.17) is 19.5 Å². The van der Waals surface area contributed by atoms with Crippen LogP contribution >= 0.6 is 12.4 Å². The normalized spacial score (nSPS) is 28.2. The average molecular weight is 472 g/mol. The van der Waals surface area contributed by atoms with Crippen LogP contribution in [-0.2, 0) is 4.79 Å². The Balaban J connectivity index is 0.000000255. The second-order valence-corrected chi connectivity index (χ2v) is 9.03. The fourth-order valence-electron chi connectivity index (χ4n) is 4.13. The molecule has 0 radical (unpaired) electrons. The first-order chi connectivity index (χ1) is 16.5. The number of aliphatic carboxylic acids is 1. The summed E-state index contributed by atoms with van der Waals surface area (Å²) in [6.45, 7) is 0. The van der Waals surface area contributed by atoms with Crippen LogP contribution in [0.5, 0.6) is 0 Å². The Morgan fingerprint density at radius 3 is 1.21 bits per heavy atom. The zero-order valence-electron chi connectivity index (χ0n) is 20.7. The molecule has 3 aliphatic carbocycles. The molecule has 3 aromatic carbocycles. The molecule has 4 nitrogen and oxygen atoms in total. The zero-order chi connectivity index (χ0) is 24.5. The van der Waals surface area contributed by atoms with Crippen molar-refractivity contribution >= 4 is 18.4 Å². The molecular formula is C28H37ClN2O2. The van der Waals surface area contributed by atoms with Crippen LogP contribution in [0.15, 0.2) is 91.0 Å². The van der Waals surface area contributed by atoms with E-state index in [1.807, 2.05) is 42.5 Å². The van der Waals surface area contributed by atoms with Gasteiger partial charge in [0, 0.05) is 28.3 Å². The minimum atomic E-state index is -0.663. The lowest BCUT2D eigenvalue weighted by Crippen LogP contribution is -2.00. The van der Waals surface area contributed by atoms with Crippen molar-refractivity contribution in [3.05, 3.63) is 108 Å². The van der Waals surface area contributed by atoms with Crippen molar-refractivity contribution in [1.29, 1.82) is 0 Å². The van der Waals surface area contributed by atoms with Gasteiger partial charge in [0.1, 0.15) is 0 Å². The van der Waals surface area contributed by atoms with Crippen LogP contribution in [-0.4, -0.2) is 23.2 Å². The highest BCUT2D eigenvalue weighted by atomic mass is 35.5. The summed E-state index contributed by atoms with van der Waals surface area (Å²) in [4.78, 5) is 10.5. The van der Waals surface area contributed by atoms with E-state index in [9.17, 15) is 4.79 Å². The molecule has 6 atom stereocenters. The number of nitrogens with two attached hydrogens (primary N) is 2. The van der Waals surface area contributed by atoms with Crippen LogP contribution in [0.2, 0.25) is 0 Å². The van der Waals surface area contributed by atoms with Crippen molar-refractivity contribution in [3.63, 3.8) is 0 Å². The number of carboxylic acid groups (broad SMARTS) is 1. The second kappa shape index (κ2) is 11.5. The molecule has 5 N–H and O–H groups in total. The van der Waals surface area contributed by atoms with Gasteiger partial charge in [-0.2, -0.15) is 0 Å². The molecule has 0 saturated heterocycles. The monoisotopic (exact) mass is 471 g/mol. The minimum Gasteiger partial charge on any atom is -0.481 e. The van der Waals surface area contributed by atoms with Crippen molar-refractivity contribution in [1.82, 2.24) is 0 Å². The number of rotatable bonds is 4. The molecule has 3 fully saturated rings. The third-order valence-electron chi connectivity index (χ3n) is 6.47. The fraction of sp³-hybridized carbons (Fsp3) is 0.321. The van der Waals surface area contributed by atoms with Gasteiger partial charge in [0.25, 0.3) is 0 Å². The lowest BCUT2D eigenvalue weighted by atomic mass is 10.1. The fourth-order valence-corrected chi connectivity index (χ4v) is 4.13.